The van der Waals surface area contributed by atoms with Crippen LogP contribution in [0, 0.1) is 0 Å². The van der Waals surface area contributed by atoms with Gasteiger partial charge in [0.2, 0.25) is 5.95 Å². The molecule has 0 aliphatic carbocycles. The molecule has 1 unspecified atom stereocenters. The van der Waals surface area contributed by atoms with E-state index >= 15 is 0 Å². The van der Waals surface area contributed by atoms with Crippen molar-refractivity contribution in [1.29, 1.82) is 0 Å². The maximum Gasteiger partial charge on any atom is 0.338 e. The topological polar surface area (TPSA) is 87.5 Å². The van der Waals surface area contributed by atoms with Gasteiger partial charge in [0, 0.05) is 5.70 Å². The third-order valence-electron chi connectivity index (χ3n) is 5.00. The Bertz CT molecular complexity index is 906. The third-order valence-corrected chi connectivity index (χ3v) is 5.00. The fourth-order valence-corrected chi connectivity index (χ4v) is 3.35. The van der Waals surface area contributed by atoms with Crippen molar-refractivity contribution in [3.63, 3.8) is 0 Å². The fraction of sp³-hybridized carbons (Fsp3) is 0.500. The molecule has 8 heteroatoms. The standard InChI is InChI=1S/C22H30N4O4/c1-5-7-11-29-17-10-9-16(13-18(17)28-4)20-19(21(27)30-12-8-6-2)15(3)25-22-23-14-24-26(20)22/h9-10,13-14,20H,5-8,11-12H2,1-4H3,(H,23,24,25). The van der Waals surface area contributed by atoms with Crippen LogP contribution in [0.25, 0.3) is 0 Å². The van der Waals surface area contributed by atoms with Gasteiger partial charge in [-0.15, -0.1) is 0 Å². The summed E-state index contributed by atoms with van der Waals surface area (Å²) in [5.41, 5.74) is 2.04. The minimum absolute atomic E-state index is 0.359. The molecule has 8 nitrogen and oxygen atoms in total. The van der Waals surface area contributed by atoms with E-state index in [0.29, 0.717) is 41.9 Å². The summed E-state index contributed by atoms with van der Waals surface area (Å²) in [6, 6.07) is 5.21. The molecule has 162 valence electrons. The van der Waals surface area contributed by atoms with E-state index in [1.54, 1.807) is 11.8 Å². The first-order valence-electron chi connectivity index (χ1n) is 10.5. The molecule has 1 aliphatic heterocycles. The van der Waals surface area contributed by atoms with Crippen molar-refractivity contribution in [1.82, 2.24) is 14.8 Å². The molecule has 0 saturated heterocycles. The molecule has 0 saturated carbocycles. The lowest BCUT2D eigenvalue weighted by atomic mass is 9.95. The van der Waals surface area contributed by atoms with E-state index in [9.17, 15) is 4.79 Å². The van der Waals surface area contributed by atoms with Gasteiger partial charge in [-0.3, -0.25) is 0 Å². The van der Waals surface area contributed by atoms with Crippen LogP contribution in [0.2, 0.25) is 0 Å². The van der Waals surface area contributed by atoms with E-state index in [1.807, 2.05) is 25.1 Å². The molecule has 0 bridgehead atoms. The molecule has 0 fully saturated rings. The Labute approximate surface area is 177 Å². The first-order chi connectivity index (χ1) is 14.6. The van der Waals surface area contributed by atoms with E-state index in [2.05, 4.69) is 29.2 Å². The molecule has 1 aromatic heterocycles. The van der Waals surface area contributed by atoms with E-state index in [1.165, 1.54) is 6.33 Å². The zero-order valence-corrected chi connectivity index (χ0v) is 18.1. The Kier molecular flexibility index (Phi) is 7.32. The van der Waals surface area contributed by atoms with Crippen molar-refractivity contribution >= 4 is 11.9 Å². The van der Waals surface area contributed by atoms with Gasteiger partial charge in [0.15, 0.2) is 11.5 Å². The van der Waals surface area contributed by atoms with Gasteiger partial charge in [-0.25, -0.2) is 9.48 Å². The number of nitrogens with one attached hydrogen (secondary N) is 1. The largest absolute Gasteiger partial charge is 0.493 e. The Morgan fingerprint density at radius 3 is 2.67 bits per heavy atom. The molecule has 3 rings (SSSR count). The van der Waals surface area contributed by atoms with Crippen molar-refractivity contribution in [3.8, 4) is 11.5 Å². The summed E-state index contributed by atoms with van der Waals surface area (Å²) in [4.78, 5) is 17.2. The number of carbonyl (C=O) groups excluding carboxylic acids is 1. The van der Waals surface area contributed by atoms with Gasteiger partial charge in [0.1, 0.15) is 12.4 Å². The number of anilines is 1. The number of allylic oxidation sites excluding steroid dienone is 1. The van der Waals surface area contributed by atoms with Crippen LogP contribution in [-0.2, 0) is 9.53 Å². The number of unbranched alkanes of at least 4 members (excludes halogenated alkanes) is 2. The third kappa shape index (κ3) is 4.58. The number of methoxy groups -OCH3 is 1. The molecule has 2 heterocycles. The van der Waals surface area contributed by atoms with Gasteiger partial charge < -0.3 is 19.5 Å². The highest BCUT2D eigenvalue weighted by Crippen LogP contribution is 2.38. The Hall–Kier alpha value is -3.03. The summed E-state index contributed by atoms with van der Waals surface area (Å²) in [6.45, 7) is 7.03. The quantitative estimate of drug-likeness (QED) is 0.463. The number of esters is 1. The van der Waals surface area contributed by atoms with Crippen LogP contribution in [0.3, 0.4) is 0 Å². The van der Waals surface area contributed by atoms with Crippen molar-refractivity contribution < 1.29 is 19.0 Å². The van der Waals surface area contributed by atoms with Gasteiger partial charge in [-0.1, -0.05) is 32.8 Å². The molecule has 1 N–H and O–H groups in total. The van der Waals surface area contributed by atoms with Crippen LogP contribution in [0.4, 0.5) is 5.95 Å². The second kappa shape index (κ2) is 10.1. The van der Waals surface area contributed by atoms with Crippen LogP contribution in [0.5, 0.6) is 11.5 Å². The number of hydrogen-bond donors (Lipinski definition) is 1. The van der Waals surface area contributed by atoms with Gasteiger partial charge in [-0.2, -0.15) is 10.1 Å². The van der Waals surface area contributed by atoms with E-state index < -0.39 is 6.04 Å². The summed E-state index contributed by atoms with van der Waals surface area (Å²) in [5.74, 6) is 1.50. The van der Waals surface area contributed by atoms with Crippen LogP contribution in [0.15, 0.2) is 35.8 Å². The van der Waals surface area contributed by atoms with Crippen LogP contribution < -0.4 is 14.8 Å². The number of benzene rings is 1. The Morgan fingerprint density at radius 2 is 1.93 bits per heavy atom. The first-order valence-corrected chi connectivity index (χ1v) is 10.5. The predicted octanol–water partition coefficient (Wildman–Crippen LogP) is 4.10. The number of rotatable bonds is 10. The highest BCUT2D eigenvalue weighted by molar-refractivity contribution is 5.92. The first kappa shape index (κ1) is 21.7. The van der Waals surface area contributed by atoms with Crippen LogP contribution >= 0.6 is 0 Å². The summed E-state index contributed by atoms with van der Waals surface area (Å²) in [5, 5.41) is 7.49. The maximum absolute atomic E-state index is 13.0. The summed E-state index contributed by atoms with van der Waals surface area (Å²) in [6.07, 6.45) is 5.27. The SMILES string of the molecule is CCCCOC(=O)C1=C(C)Nc2ncnn2C1c1ccc(OCCCC)c(OC)c1. The van der Waals surface area contributed by atoms with E-state index in [-0.39, 0.29) is 5.97 Å². The lowest BCUT2D eigenvalue weighted by molar-refractivity contribution is -0.139. The summed E-state index contributed by atoms with van der Waals surface area (Å²) < 4.78 is 18.6. The minimum atomic E-state index is -0.475. The molecular formula is C22H30N4O4. The number of ether oxygens (including phenoxy) is 3. The number of aromatic nitrogens is 3. The molecule has 0 amide bonds. The van der Waals surface area contributed by atoms with Crippen molar-refractivity contribution in [3.05, 3.63) is 41.4 Å². The molecule has 0 radical (unpaired) electrons. The molecule has 1 aliphatic rings. The normalized spacial score (nSPS) is 15.4. The molecule has 30 heavy (non-hydrogen) atoms. The second-order valence-corrected chi connectivity index (χ2v) is 7.20. The van der Waals surface area contributed by atoms with E-state index in [0.717, 1.165) is 31.2 Å². The minimum Gasteiger partial charge on any atom is -0.493 e. The van der Waals surface area contributed by atoms with Gasteiger partial charge in [0.05, 0.1) is 25.9 Å². The number of nitrogens with zero attached hydrogens (tertiary/aromatic N) is 3. The second-order valence-electron chi connectivity index (χ2n) is 7.20. The fourth-order valence-electron chi connectivity index (χ4n) is 3.35. The molecule has 1 atom stereocenters. The Balaban J connectivity index is 1.97. The average molecular weight is 415 g/mol. The van der Waals surface area contributed by atoms with Crippen LogP contribution in [0.1, 0.15) is 58.1 Å². The predicted molar refractivity (Wildman–Crippen MR) is 114 cm³/mol. The maximum atomic E-state index is 13.0. The lowest BCUT2D eigenvalue weighted by Crippen LogP contribution is -2.29. The smallest absolute Gasteiger partial charge is 0.338 e. The van der Waals surface area contributed by atoms with E-state index in [4.69, 9.17) is 14.2 Å². The molecule has 2 aromatic rings. The molecular weight excluding hydrogens is 384 g/mol. The highest BCUT2D eigenvalue weighted by Gasteiger charge is 2.34. The average Bonchev–Trinajstić information content (AvgIpc) is 3.21. The van der Waals surface area contributed by atoms with Gasteiger partial charge >= 0.3 is 5.97 Å². The summed E-state index contributed by atoms with van der Waals surface area (Å²) in [7, 11) is 1.61. The number of carbonyl (C=O) groups is 1. The van der Waals surface area contributed by atoms with Gasteiger partial charge in [0.25, 0.3) is 0 Å². The van der Waals surface area contributed by atoms with Crippen molar-refractivity contribution in [2.24, 2.45) is 0 Å². The zero-order valence-electron chi connectivity index (χ0n) is 18.1. The number of fused-ring (bicyclic) bond motifs is 1. The molecule has 0 spiro atoms. The monoisotopic (exact) mass is 414 g/mol. The zero-order chi connectivity index (χ0) is 21.5. The van der Waals surface area contributed by atoms with Gasteiger partial charge in [-0.05, 0) is 37.5 Å². The lowest BCUT2D eigenvalue weighted by Gasteiger charge is -2.28. The molecule has 1 aromatic carbocycles. The van der Waals surface area contributed by atoms with Crippen molar-refractivity contribution in [2.75, 3.05) is 25.6 Å². The highest BCUT2D eigenvalue weighted by atomic mass is 16.5. The number of hydrogen-bond acceptors (Lipinski definition) is 7. The summed E-state index contributed by atoms with van der Waals surface area (Å²) >= 11 is 0. The van der Waals surface area contributed by atoms with Crippen molar-refractivity contribution in [2.45, 2.75) is 52.5 Å². The van der Waals surface area contributed by atoms with Crippen LogP contribution in [-0.4, -0.2) is 41.1 Å². The Morgan fingerprint density at radius 1 is 1.17 bits per heavy atom.